The van der Waals surface area contributed by atoms with Crippen molar-refractivity contribution in [2.75, 3.05) is 0 Å². The van der Waals surface area contributed by atoms with E-state index in [0.29, 0.717) is 10.3 Å². The van der Waals surface area contributed by atoms with E-state index in [1.165, 1.54) is 5.56 Å². The van der Waals surface area contributed by atoms with Crippen LogP contribution in [0.3, 0.4) is 0 Å². The maximum atomic E-state index is 6.35. The molecule has 130 valence electrons. The Kier molecular flexibility index (Phi) is 6.71. The van der Waals surface area contributed by atoms with E-state index in [1.54, 1.807) is 18.0 Å². The van der Waals surface area contributed by atoms with Crippen LogP contribution >= 0.6 is 46.6 Å². The number of hydrogen-bond acceptors (Lipinski definition) is 2. The van der Waals surface area contributed by atoms with Crippen molar-refractivity contribution in [3.63, 3.8) is 0 Å². The molecule has 0 aliphatic carbocycles. The molecule has 6 heteroatoms. The Morgan fingerprint density at radius 2 is 1.76 bits per heavy atom. The number of hydrogen-bond donors (Lipinski definition) is 0. The SMILES string of the molecule is Clc1ccc(CC(CCn2ccnc2)Sc2cc(Cl)ccc2Cl)cc1. The summed E-state index contributed by atoms with van der Waals surface area (Å²) in [5.74, 6) is 0. The number of rotatable bonds is 7. The molecule has 1 atom stereocenters. The second kappa shape index (κ2) is 9.00. The predicted molar refractivity (Wildman–Crippen MR) is 108 cm³/mol. The van der Waals surface area contributed by atoms with E-state index < -0.39 is 0 Å². The third-order valence-corrected chi connectivity index (χ3v) is 6.09. The number of halogens is 3. The van der Waals surface area contributed by atoms with Crippen molar-refractivity contribution in [3.8, 4) is 0 Å². The van der Waals surface area contributed by atoms with E-state index in [2.05, 4.69) is 21.7 Å². The topological polar surface area (TPSA) is 17.8 Å². The lowest BCUT2D eigenvalue weighted by Crippen LogP contribution is -2.11. The zero-order valence-corrected chi connectivity index (χ0v) is 16.5. The molecule has 1 heterocycles. The predicted octanol–water partition coefficient (Wildman–Crippen LogP) is 6.64. The molecule has 25 heavy (non-hydrogen) atoms. The van der Waals surface area contributed by atoms with E-state index in [4.69, 9.17) is 34.8 Å². The highest BCUT2D eigenvalue weighted by Gasteiger charge is 2.14. The molecular formula is C19H17Cl3N2S. The second-order valence-electron chi connectivity index (χ2n) is 5.73. The standard InChI is InChI=1S/C19H17Cl3N2S/c20-15-3-1-14(2-4-15)11-17(7-9-24-10-8-23-13-24)25-19-12-16(21)5-6-18(19)22/h1-6,8,10,12-13,17H,7,9,11H2. The van der Waals surface area contributed by atoms with Crippen molar-refractivity contribution in [1.82, 2.24) is 9.55 Å². The summed E-state index contributed by atoms with van der Waals surface area (Å²) >= 11 is 20.3. The second-order valence-corrected chi connectivity index (χ2v) is 8.36. The summed E-state index contributed by atoms with van der Waals surface area (Å²) in [6.45, 7) is 0.906. The van der Waals surface area contributed by atoms with Crippen LogP contribution in [0.2, 0.25) is 15.1 Å². The fourth-order valence-corrected chi connectivity index (χ4v) is 4.39. The van der Waals surface area contributed by atoms with E-state index in [1.807, 2.05) is 42.9 Å². The molecule has 0 aliphatic heterocycles. The molecule has 3 rings (SSSR count). The molecule has 0 radical (unpaired) electrons. The summed E-state index contributed by atoms with van der Waals surface area (Å²) in [6, 6.07) is 13.6. The summed E-state index contributed by atoms with van der Waals surface area (Å²) in [7, 11) is 0. The van der Waals surface area contributed by atoms with Crippen LogP contribution in [-0.2, 0) is 13.0 Å². The average Bonchev–Trinajstić information content (AvgIpc) is 3.11. The molecule has 0 saturated heterocycles. The van der Waals surface area contributed by atoms with Crippen molar-refractivity contribution in [2.24, 2.45) is 0 Å². The van der Waals surface area contributed by atoms with Gasteiger partial charge in [-0.15, -0.1) is 11.8 Å². The van der Waals surface area contributed by atoms with Gasteiger partial charge in [-0.3, -0.25) is 0 Å². The number of nitrogens with zero attached hydrogens (tertiary/aromatic N) is 2. The van der Waals surface area contributed by atoms with Gasteiger partial charge < -0.3 is 4.57 Å². The van der Waals surface area contributed by atoms with Crippen LogP contribution in [-0.4, -0.2) is 14.8 Å². The van der Waals surface area contributed by atoms with Gasteiger partial charge in [0.15, 0.2) is 0 Å². The van der Waals surface area contributed by atoms with E-state index in [9.17, 15) is 0 Å². The Morgan fingerprint density at radius 3 is 2.48 bits per heavy atom. The van der Waals surface area contributed by atoms with Gasteiger partial charge in [-0.25, -0.2) is 4.98 Å². The van der Waals surface area contributed by atoms with E-state index in [-0.39, 0.29) is 0 Å². The maximum Gasteiger partial charge on any atom is 0.0945 e. The van der Waals surface area contributed by atoms with Gasteiger partial charge in [0.1, 0.15) is 0 Å². The summed E-state index contributed by atoms with van der Waals surface area (Å²) in [6.07, 6.45) is 7.55. The number of imidazole rings is 1. The number of aromatic nitrogens is 2. The monoisotopic (exact) mass is 410 g/mol. The van der Waals surface area contributed by atoms with Crippen molar-refractivity contribution < 1.29 is 0 Å². The van der Waals surface area contributed by atoms with Crippen LogP contribution in [0.25, 0.3) is 0 Å². The molecule has 2 nitrogen and oxygen atoms in total. The minimum atomic E-state index is 0.361. The molecule has 3 aromatic rings. The lowest BCUT2D eigenvalue weighted by molar-refractivity contribution is 0.619. The van der Waals surface area contributed by atoms with Crippen molar-refractivity contribution in [2.45, 2.75) is 29.5 Å². The summed E-state index contributed by atoms with van der Waals surface area (Å²) in [4.78, 5) is 5.12. The van der Waals surface area contributed by atoms with Crippen LogP contribution in [0.5, 0.6) is 0 Å². The Balaban J connectivity index is 1.75. The minimum absolute atomic E-state index is 0.361. The molecule has 0 fully saturated rings. The molecule has 0 saturated carbocycles. The zero-order chi connectivity index (χ0) is 17.6. The quantitative estimate of drug-likeness (QED) is 0.406. The maximum absolute atomic E-state index is 6.35. The van der Waals surface area contributed by atoms with E-state index >= 15 is 0 Å². The molecule has 0 spiro atoms. The van der Waals surface area contributed by atoms with Crippen LogP contribution in [0.4, 0.5) is 0 Å². The van der Waals surface area contributed by atoms with Gasteiger partial charge in [-0.1, -0.05) is 46.9 Å². The highest BCUT2D eigenvalue weighted by Crippen LogP contribution is 2.35. The van der Waals surface area contributed by atoms with Crippen molar-refractivity contribution in [3.05, 3.63) is 81.8 Å². The van der Waals surface area contributed by atoms with Gasteiger partial charge in [0.25, 0.3) is 0 Å². The highest BCUT2D eigenvalue weighted by molar-refractivity contribution is 8.00. The molecule has 1 unspecified atom stereocenters. The third kappa shape index (κ3) is 5.68. The van der Waals surface area contributed by atoms with Gasteiger partial charge in [-0.05, 0) is 48.7 Å². The number of aryl methyl sites for hydroxylation is 1. The molecule has 0 aliphatic rings. The van der Waals surface area contributed by atoms with Gasteiger partial charge in [-0.2, -0.15) is 0 Å². The summed E-state index contributed by atoms with van der Waals surface area (Å²) in [5.41, 5.74) is 1.26. The fraction of sp³-hybridized carbons (Fsp3) is 0.211. The van der Waals surface area contributed by atoms with Crippen LogP contribution < -0.4 is 0 Å². The fourth-order valence-electron chi connectivity index (χ4n) is 2.55. The Hall–Kier alpha value is -1.13. The summed E-state index contributed by atoms with van der Waals surface area (Å²) < 4.78 is 2.09. The van der Waals surface area contributed by atoms with Crippen LogP contribution in [0, 0.1) is 0 Å². The zero-order valence-electron chi connectivity index (χ0n) is 13.4. The molecule has 0 N–H and O–H groups in total. The molecule has 1 aromatic heterocycles. The largest absolute Gasteiger partial charge is 0.337 e. The highest BCUT2D eigenvalue weighted by atomic mass is 35.5. The number of benzene rings is 2. The summed E-state index contributed by atoms with van der Waals surface area (Å²) in [5, 5.41) is 2.55. The third-order valence-electron chi connectivity index (χ3n) is 3.83. The Labute approximate surface area is 167 Å². The lowest BCUT2D eigenvalue weighted by atomic mass is 10.1. The van der Waals surface area contributed by atoms with Gasteiger partial charge in [0.05, 0.1) is 11.3 Å². The lowest BCUT2D eigenvalue weighted by Gasteiger charge is -2.18. The molecule has 0 amide bonds. The molecule has 0 bridgehead atoms. The average molecular weight is 412 g/mol. The van der Waals surface area contributed by atoms with Crippen LogP contribution in [0.1, 0.15) is 12.0 Å². The minimum Gasteiger partial charge on any atom is -0.337 e. The van der Waals surface area contributed by atoms with Gasteiger partial charge >= 0.3 is 0 Å². The van der Waals surface area contributed by atoms with Gasteiger partial charge in [0.2, 0.25) is 0 Å². The number of thioether (sulfide) groups is 1. The first-order valence-electron chi connectivity index (χ1n) is 7.92. The first kappa shape index (κ1) is 18.7. The Bertz CT molecular complexity index is 804. The first-order chi connectivity index (χ1) is 12.1. The van der Waals surface area contributed by atoms with Crippen molar-refractivity contribution in [1.29, 1.82) is 0 Å². The van der Waals surface area contributed by atoms with Crippen molar-refractivity contribution >= 4 is 46.6 Å². The van der Waals surface area contributed by atoms with Crippen LogP contribution in [0.15, 0.2) is 66.1 Å². The van der Waals surface area contributed by atoms with E-state index in [0.717, 1.165) is 34.3 Å². The Morgan fingerprint density at radius 1 is 1.00 bits per heavy atom. The normalized spacial score (nSPS) is 12.3. The molecule has 2 aromatic carbocycles. The first-order valence-corrected chi connectivity index (χ1v) is 9.93. The smallest absolute Gasteiger partial charge is 0.0945 e. The molecular weight excluding hydrogens is 395 g/mol. The van der Waals surface area contributed by atoms with Gasteiger partial charge in [0, 0.05) is 39.1 Å².